The molecule has 0 aliphatic carbocycles. The molecule has 0 aromatic heterocycles. The molecule has 3 heterocycles. The molecule has 3 aliphatic heterocycles. The van der Waals surface area contributed by atoms with Crippen molar-refractivity contribution in [3.63, 3.8) is 0 Å². The molecule has 0 unspecified atom stereocenters. The lowest BCUT2D eigenvalue weighted by Crippen LogP contribution is -2.50. The number of rotatable bonds is 5. The van der Waals surface area contributed by atoms with E-state index in [0.717, 1.165) is 5.56 Å². The lowest BCUT2D eigenvalue weighted by atomic mass is 10.1. The number of carbonyl (C=O) groups is 6. The molecule has 6 amide bonds. The van der Waals surface area contributed by atoms with Gasteiger partial charge in [-0.25, -0.2) is 19.2 Å². The van der Waals surface area contributed by atoms with Crippen LogP contribution in [0.5, 0.6) is 23.0 Å². The zero-order valence-electron chi connectivity index (χ0n) is 41.8. The van der Waals surface area contributed by atoms with E-state index in [9.17, 15) is 37.5 Å². The van der Waals surface area contributed by atoms with Crippen LogP contribution in [0.1, 0.15) is 67.9 Å². The summed E-state index contributed by atoms with van der Waals surface area (Å²) in [5.41, 5.74) is 0.653. The monoisotopic (exact) mass is 1020 g/mol. The number of benzene rings is 3. The first kappa shape index (κ1) is 56.3. The van der Waals surface area contributed by atoms with Crippen molar-refractivity contribution in [2.75, 3.05) is 55.7 Å². The van der Waals surface area contributed by atoms with Gasteiger partial charge in [-0.3, -0.25) is 14.4 Å². The van der Waals surface area contributed by atoms with Crippen molar-refractivity contribution in [3.8, 4) is 23.0 Å². The normalized spacial score (nSPS) is 17.6. The molecule has 0 bridgehead atoms. The fourth-order valence-corrected chi connectivity index (χ4v) is 6.71. The van der Waals surface area contributed by atoms with Crippen molar-refractivity contribution >= 4 is 70.4 Å². The minimum atomic E-state index is -2.97. The first-order valence-corrected chi connectivity index (χ1v) is 22.3. The Kier molecular flexibility index (Phi) is 18.3. The van der Waals surface area contributed by atoms with E-state index in [2.05, 4.69) is 25.5 Å². The second kappa shape index (κ2) is 23.1. The van der Waals surface area contributed by atoms with E-state index in [0.29, 0.717) is 39.3 Å². The summed E-state index contributed by atoms with van der Waals surface area (Å²) in [5.74, 6) is 0.0898. The van der Waals surface area contributed by atoms with Crippen LogP contribution in [-0.4, -0.2) is 119 Å². The molecule has 0 radical (unpaired) electrons. The zero-order chi connectivity index (χ0) is 53.3. The van der Waals surface area contributed by atoms with E-state index in [1.807, 2.05) is 0 Å². The van der Waals surface area contributed by atoms with Crippen LogP contribution in [0.25, 0.3) is 4.85 Å². The number of nitrogens with zero attached hydrogens (tertiary/aromatic N) is 4. The molecule has 20 nitrogen and oxygen atoms in total. The molecule has 0 fully saturated rings. The Hall–Kier alpha value is -7.28. The quantitative estimate of drug-likeness (QED) is 0.164. The summed E-state index contributed by atoms with van der Waals surface area (Å²) in [4.78, 5) is 80.7. The topological polar surface area (TPSA) is 217 Å². The second-order valence-electron chi connectivity index (χ2n) is 19.1. The van der Waals surface area contributed by atoms with E-state index >= 15 is 0 Å². The first-order chi connectivity index (χ1) is 32.9. The smallest absolute Gasteiger partial charge is 0.408 e. The van der Waals surface area contributed by atoms with Gasteiger partial charge in [-0.2, -0.15) is 8.78 Å². The van der Waals surface area contributed by atoms with Crippen molar-refractivity contribution in [2.45, 2.75) is 111 Å². The third-order valence-electron chi connectivity index (χ3n) is 9.73. The highest BCUT2D eigenvalue weighted by atomic mass is 35.5. The molecule has 3 N–H and O–H groups in total. The van der Waals surface area contributed by atoms with Crippen LogP contribution in [0.3, 0.4) is 0 Å². The molecule has 3 aromatic rings. The molecule has 3 atom stereocenters. The number of hydrogen-bond donors (Lipinski definition) is 3. The summed E-state index contributed by atoms with van der Waals surface area (Å²) >= 11 is 5.95. The molecule has 23 heteroatoms. The maximum Gasteiger partial charge on any atom is 0.408 e. The Bertz CT molecular complexity index is 2520. The SMILES string of the molecule is CN1C(=O)[C@@H](NC(=O)OC(C)(C)C)COc2cc(OC(F)F)ccc21.CN1C(=O)[C@@H](NC(=O)OC(C)(C)C)COc2ccc(Cl)cc21.[C-]#[N+]c1cc2c(cc1C)OC[C@H](NC(=O)OC(C)(C)C)C(=O)N2C. The van der Waals surface area contributed by atoms with Crippen LogP contribution in [0.4, 0.5) is 45.9 Å². The Morgan fingerprint density at radius 3 is 1.44 bits per heavy atom. The van der Waals surface area contributed by atoms with E-state index in [1.165, 1.54) is 39.9 Å². The van der Waals surface area contributed by atoms with Gasteiger partial charge >= 0.3 is 24.9 Å². The number of likely N-dealkylation sites (N-methyl/N-ethyl adjacent to an activating group) is 3. The molecule has 6 rings (SSSR count). The maximum atomic E-state index is 12.6. The predicted molar refractivity (Wildman–Crippen MR) is 258 cm³/mol. The number of aryl methyl sites for hydroxylation is 1. The first-order valence-electron chi connectivity index (χ1n) is 22.0. The van der Waals surface area contributed by atoms with Gasteiger partial charge in [-0.05, 0) is 117 Å². The van der Waals surface area contributed by atoms with Gasteiger partial charge in [0.2, 0.25) is 0 Å². The highest BCUT2D eigenvalue weighted by molar-refractivity contribution is 6.31. The van der Waals surface area contributed by atoms with Crippen LogP contribution >= 0.6 is 11.6 Å². The van der Waals surface area contributed by atoms with Crippen molar-refractivity contribution in [1.82, 2.24) is 16.0 Å². The molecule has 386 valence electrons. The number of ether oxygens (including phenoxy) is 7. The number of nitrogens with one attached hydrogen (secondary N) is 3. The zero-order valence-corrected chi connectivity index (χ0v) is 42.5. The van der Waals surface area contributed by atoms with Crippen molar-refractivity contribution < 1.29 is 70.7 Å². The molecule has 0 spiro atoms. The number of fused-ring (bicyclic) bond motifs is 3. The molecular formula is C48H60ClF2N7O13. The minimum absolute atomic E-state index is 0.00772. The third-order valence-corrected chi connectivity index (χ3v) is 9.97. The Labute approximate surface area is 415 Å². The van der Waals surface area contributed by atoms with Gasteiger partial charge in [0.05, 0.1) is 23.6 Å². The Balaban J connectivity index is 0.000000232. The summed E-state index contributed by atoms with van der Waals surface area (Å²) in [6.45, 7) is 21.5. The lowest BCUT2D eigenvalue weighted by molar-refractivity contribution is -0.121. The average Bonchev–Trinajstić information content (AvgIpc) is 3.49. The summed E-state index contributed by atoms with van der Waals surface area (Å²) in [6, 6.07) is 9.68. The number of anilines is 3. The molecule has 3 aliphatic rings. The summed E-state index contributed by atoms with van der Waals surface area (Å²) in [5, 5.41) is 8.02. The number of alkyl halides is 2. The van der Waals surface area contributed by atoms with Crippen LogP contribution in [0.2, 0.25) is 5.02 Å². The van der Waals surface area contributed by atoms with E-state index in [1.54, 1.807) is 114 Å². The number of halogens is 3. The van der Waals surface area contributed by atoms with Crippen molar-refractivity contribution in [2.24, 2.45) is 0 Å². The molecule has 3 aromatic carbocycles. The summed E-state index contributed by atoms with van der Waals surface area (Å²) < 4.78 is 61.2. The number of alkyl carbamates (subject to hydrolysis) is 3. The Morgan fingerprint density at radius 1 is 0.634 bits per heavy atom. The highest BCUT2D eigenvalue weighted by Gasteiger charge is 2.35. The maximum absolute atomic E-state index is 12.6. The van der Waals surface area contributed by atoms with Gasteiger partial charge in [0, 0.05) is 32.2 Å². The number of amides is 6. The summed E-state index contributed by atoms with van der Waals surface area (Å²) in [6.07, 6.45) is -2.09. The predicted octanol–water partition coefficient (Wildman–Crippen LogP) is 7.92. The van der Waals surface area contributed by atoms with Crippen molar-refractivity contribution in [3.05, 3.63) is 70.5 Å². The van der Waals surface area contributed by atoms with Crippen LogP contribution in [0.15, 0.2) is 48.5 Å². The minimum Gasteiger partial charge on any atom is -0.489 e. The lowest BCUT2D eigenvalue weighted by Gasteiger charge is -2.23. The number of hydrogen-bond acceptors (Lipinski definition) is 13. The van der Waals surface area contributed by atoms with Gasteiger partial charge < -0.3 is 63.8 Å². The third kappa shape index (κ3) is 16.4. The van der Waals surface area contributed by atoms with Gasteiger partial charge in [0.15, 0.2) is 5.69 Å². The highest BCUT2D eigenvalue weighted by Crippen LogP contribution is 2.38. The van der Waals surface area contributed by atoms with Gasteiger partial charge in [0.1, 0.15) is 77.7 Å². The van der Waals surface area contributed by atoms with Crippen LogP contribution in [-0.2, 0) is 28.6 Å². The second-order valence-corrected chi connectivity index (χ2v) is 19.5. The molecule has 71 heavy (non-hydrogen) atoms. The van der Waals surface area contributed by atoms with E-state index in [-0.39, 0.29) is 43.1 Å². The Morgan fingerprint density at radius 2 is 1.03 bits per heavy atom. The molecule has 0 saturated heterocycles. The number of carbonyl (C=O) groups excluding carboxylic acids is 6. The molecule has 0 saturated carbocycles. The van der Waals surface area contributed by atoms with Crippen LogP contribution in [0, 0.1) is 13.5 Å². The fourth-order valence-electron chi connectivity index (χ4n) is 6.55. The standard InChI is InChI=1S/C17H21N3O4.C16H20F2N2O5.C15H19ClN2O4/c1-10-7-14-13(8-11(10)18-5)20(6)15(21)12(9-23-14)19-16(22)24-17(2,3)4;1-16(2,3)25-15(22)19-10-8-23-12-7-9(24-14(17)18)5-6-11(12)20(4)13(10)21;1-15(2,3)22-14(20)17-10-8-21-12-6-5-9(16)7-11(12)18(4)13(10)19/h7-8,12H,9H2,1-4,6H3,(H,19,22);5-7,10,14H,8H2,1-4H3,(H,19,22);5-7,10H,8H2,1-4H3,(H,17,20)/t12-;2*10-/m000/s1. The van der Waals surface area contributed by atoms with E-state index < -0.39 is 65.7 Å². The van der Waals surface area contributed by atoms with Crippen LogP contribution < -0.4 is 49.6 Å². The van der Waals surface area contributed by atoms with E-state index in [4.69, 9.17) is 46.6 Å². The molecular weight excluding hydrogens is 956 g/mol. The van der Waals surface area contributed by atoms with Gasteiger partial charge in [-0.15, -0.1) is 0 Å². The average molecular weight is 1020 g/mol. The van der Waals surface area contributed by atoms with Gasteiger partial charge in [-0.1, -0.05) is 11.6 Å². The van der Waals surface area contributed by atoms with Gasteiger partial charge in [0.25, 0.3) is 17.7 Å². The largest absolute Gasteiger partial charge is 0.489 e. The summed E-state index contributed by atoms with van der Waals surface area (Å²) in [7, 11) is 4.69. The fraction of sp³-hybridized carbons (Fsp3) is 0.479. The van der Waals surface area contributed by atoms with Crippen molar-refractivity contribution in [1.29, 1.82) is 0 Å².